The van der Waals surface area contributed by atoms with Gasteiger partial charge < -0.3 is 9.05 Å². The molecule has 0 aromatic carbocycles. The molecule has 1 atom stereocenters. The lowest BCUT2D eigenvalue weighted by Gasteiger charge is -2.10. The van der Waals surface area contributed by atoms with Gasteiger partial charge in [-0.2, -0.15) is 0 Å². The summed E-state index contributed by atoms with van der Waals surface area (Å²) in [6.45, 7) is 5.00. The van der Waals surface area contributed by atoms with E-state index in [1.54, 1.807) is 6.92 Å². The van der Waals surface area contributed by atoms with Crippen molar-refractivity contribution in [3.05, 3.63) is 12.8 Å². The van der Waals surface area contributed by atoms with Crippen LogP contribution in [-0.2, 0) is 13.6 Å². The molecule has 54 valence electrons. The van der Waals surface area contributed by atoms with E-state index in [-0.39, 0.29) is 0 Å². The number of rotatable bonds is 4. The molecular formula is C5H11O3P. The van der Waals surface area contributed by atoms with E-state index >= 15 is 0 Å². The van der Waals surface area contributed by atoms with E-state index in [2.05, 4.69) is 15.6 Å². The largest absolute Gasteiger partial charge is 0.433 e. The van der Waals surface area contributed by atoms with Crippen LogP contribution >= 0.6 is 7.60 Å². The SMILES string of the molecule is C=COP(=O)(CC)OC. The van der Waals surface area contributed by atoms with Gasteiger partial charge in [-0.05, 0) is 0 Å². The van der Waals surface area contributed by atoms with Gasteiger partial charge in [-0.1, -0.05) is 13.5 Å². The Morgan fingerprint density at radius 1 is 1.78 bits per heavy atom. The van der Waals surface area contributed by atoms with E-state index in [1.807, 2.05) is 0 Å². The van der Waals surface area contributed by atoms with Crippen molar-refractivity contribution < 1.29 is 13.6 Å². The Hall–Kier alpha value is -0.270. The molecule has 0 aliphatic rings. The lowest BCUT2D eigenvalue weighted by Crippen LogP contribution is -1.88. The molecule has 0 aliphatic heterocycles. The van der Waals surface area contributed by atoms with Crippen molar-refractivity contribution in [1.29, 1.82) is 0 Å². The standard InChI is InChI=1S/C5H11O3P/c1-4-8-9(6,5-2)7-3/h4H,1,5H2,2-3H3. The molecular weight excluding hydrogens is 139 g/mol. The summed E-state index contributed by atoms with van der Waals surface area (Å²) in [7, 11) is -1.44. The van der Waals surface area contributed by atoms with Gasteiger partial charge in [0.1, 0.15) is 0 Å². The first-order valence-corrected chi connectivity index (χ1v) is 4.35. The third-order valence-corrected chi connectivity index (χ3v) is 2.70. The second kappa shape index (κ2) is 3.70. The molecule has 3 nitrogen and oxygen atoms in total. The van der Waals surface area contributed by atoms with E-state index in [1.165, 1.54) is 7.11 Å². The highest BCUT2D eigenvalue weighted by molar-refractivity contribution is 7.53. The fourth-order valence-corrected chi connectivity index (χ4v) is 1.08. The summed E-state index contributed by atoms with van der Waals surface area (Å²) in [6.07, 6.45) is 1.50. The monoisotopic (exact) mass is 150 g/mol. The van der Waals surface area contributed by atoms with Crippen LogP contribution in [0, 0.1) is 0 Å². The Kier molecular flexibility index (Phi) is 3.59. The van der Waals surface area contributed by atoms with Crippen LogP contribution < -0.4 is 0 Å². The van der Waals surface area contributed by atoms with E-state index in [4.69, 9.17) is 0 Å². The smallest absolute Gasteiger partial charge is 0.378 e. The summed E-state index contributed by atoms with van der Waals surface area (Å²) in [5, 5.41) is 0. The van der Waals surface area contributed by atoms with Gasteiger partial charge in [-0.25, -0.2) is 4.57 Å². The lowest BCUT2D eigenvalue weighted by atomic mass is 11.0. The Bertz CT molecular complexity index is 124. The Balaban J connectivity index is 3.93. The second-order valence-corrected chi connectivity index (χ2v) is 3.81. The van der Waals surface area contributed by atoms with Gasteiger partial charge >= 0.3 is 7.60 Å². The van der Waals surface area contributed by atoms with Crippen molar-refractivity contribution >= 4 is 7.60 Å². The molecule has 1 unspecified atom stereocenters. The van der Waals surface area contributed by atoms with Gasteiger partial charge in [-0.3, -0.25) is 0 Å². The van der Waals surface area contributed by atoms with Crippen LogP contribution in [0.5, 0.6) is 0 Å². The van der Waals surface area contributed by atoms with Gasteiger partial charge in [0.05, 0.1) is 12.4 Å². The minimum absolute atomic E-state index is 0.371. The molecule has 0 saturated carbocycles. The molecule has 0 aliphatic carbocycles. The Labute approximate surface area is 55.2 Å². The molecule has 0 spiro atoms. The molecule has 0 aromatic rings. The summed E-state index contributed by atoms with van der Waals surface area (Å²) < 4.78 is 20.2. The number of hydrogen-bond acceptors (Lipinski definition) is 3. The van der Waals surface area contributed by atoms with Crippen LogP contribution in [0.3, 0.4) is 0 Å². The van der Waals surface area contributed by atoms with Gasteiger partial charge in [0.2, 0.25) is 0 Å². The van der Waals surface area contributed by atoms with Crippen molar-refractivity contribution in [3.63, 3.8) is 0 Å². The average Bonchev–Trinajstić information content (AvgIpc) is 1.89. The van der Waals surface area contributed by atoms with Crippen molar-refractivity contribution in [2.45, 2.75) is 6.92 Å². The molecule has 0 amide bonds. The summed E-state index contributed by atoms with van der Waals surface area (Å²) in [6, 6.07) is 0. The zero-order valence-corrected chi connectivity index (χ0v) is 6.56. The van der Waals surface area contributed by atoms with Gasteiger partial charge in [-0.15, -0.1) is 0 Å². The van der Waals surface area contributed by atoms with Gasteiger partial charge in [0.25, 0.3) is 0 Å². The van der Waals surface area contributed by atoms with Crippen LogP contribution in [0.2, 0.25) is 0 Å². The van der Waals surface area contributed by atoms with Crippen LogP contribution in [0.15, 0.2) is 12.8 Å². The van der Waals surface area contributed by atoms with Crippen molar-refractivity contribution in [2.75, 3.05) is 13.3 Å². The van der Waals surface area contributed by atoms with Gasteiger partial charge in [0, 0.05) is 7.11 Å². The fourth-order valence-electron chi connectivity index (χ4n) is 0.360. The van der Waals surface area contributed by atoms with E-state index in [0.717, 1.165) is 6.26 Å². The first-order valence-electron chi connectivity index (χ1n) is 2.62. The maximum atomic E-state index is 11.0. The molecule has 9 heavy (non-hydrogen) atoms. The van der Waals surface area contributed by atoms with Crippen molar-refractivity contribution in [2.24, 2.45) is 0 Å². The van der Waals surface area contributed by atoms with Crippen molar-refractivity contribution in [1.82, 2.24) is 0 Å². The van der Waals surface area contributed by atoms with E-state index in [0.29, 0.717) is 6.16 Å². The molecule has 0 rings (SSSR count). The van der Waals surface area contributed by atoms with Gasteiger partial charge in [0.15, 0.2) is 0 Å². The highest BCUT2D eigenvalue weighted by Crippen LogP contribution is 2.46. The van der Waals surface area contributed by atoms with Crippen LogP contribution in [0.4, 0.5) is 0 Å². The highest BCUT2D eigenvalue weighted by Gasteiger charge is 2.17. The van der Waals surface area contributed by atoms with Crippen LogP contribution in [0.25, 0.3) is 0 Å². The van der Waals surface area contributed by atoms with Crippen LogP contribution in [-0.4, -0.2) is 13.3 Å². The van der Waals surface area contributed by atoms with E-state index < -0.39 is 7.60 Å². The molecule has 0 heterocycles. The predicted octanol–water partition coefficient (Wildman–Crippen LogP) is 2.01. The maximum absolute atomic E-state index is 11.0. The van der Waals surface area contributed by atoms with Crippen LogP contribution in [0.1, 0.15) is 6.92 Å². The number of hydrogen-bond donors (Lipinski definition) is 0. The third kappa shape index (κ3) is 2.68. The second-order valence-electron chi connectivity index (χ2n) is 1.38. The summed E-state index contributed by atoms with van der Waals surface area (Å²) in [4.78, 5) is 0. The van der Waals surface area contributed by atoms with Crippen molar-refractivity contribution in [3.8, 4) is 0 Å². The lowest BCUT2D eigenvalue weighted by molar-refractivity contribution is 0.301. The molecule has 0 bridgehead atoms. The topological polar surface area (TPSA) is 35.5 Å². The fraction of sp³-hybridized carbons (Fsp3) is 0.600. The Morgan fingerprint density at radius 2 is 2.33 bits per heavy atom. The Morgan fingerprint density at radius 3 is 2.44 bits per heavy atom. The quantitative estimate of drug-likeness (QED) is 0.454. The minimum Gasteiger partial charge on any atom is -0.433 e. The third-order valence-electron chi connectivity index (χ3n) is 0.901. The predicted molar refractivity (Wildman–Crippen MR) is 36.4 cm³/mol. The summed E-state index contributed by atoms with van der Waals surface area (Å²) >= 11 is 0. The summed E-state index contributed by atoms with van der Waals surface area (Å²) in [5.74, 6) is 0. The molecule has 0 aromatic heterocycles. The first-order chi connectivity index (χ1) is 4.18. The average molecular weight is 150 g/mol. The molecule has 4 heteroatoms. The first kappa shape index (κ1) is 8.73. The zero-order chi connectivity index (χ0) is 7.33. The molecule has 0 fully saturated rings. The minimum atomic E-state index is -2.80. The highest BCUT2D eigenvalue weighted by atomic mass is 31.2. The normalized spacial score (nSPS) is 16.2. The zero-order valence-electron chi connectivity index (χ0n) is 5.66. The molecule has 0 saturated heterocycles. The maximum Gasteiger partial charge on any atom is 0.378 e. The molecule has 0 radical (unpaired) electrons. The summed E-state index contributed by atoms with van der Waals surface area (Å²) in [5.41, 5.74) is 0. The molecule has 0 N–H and O–H groups in total. The van der Waals surface area contributed by atoms with E-state index in [9.17, 15) is 4.57 Å².